The van der Waals surface area contributed by atoms with Crippen molar-refractivity contribution in [2.45, 2.75) is 107 Å². The highest BCUT2D eigenvalue weighted by Crippen LogP contribution is 2.52. The number of Topliss-reactive ketones (excluding diaryl/α,β-unsaturated/α-hetero) is 2. The number of halogens is 2. The predicted molar refractivity (Wildman–Crippen MR) is 165 cm³/mol. The van der Waals surface area contributed by atoms with E-state index in [9.17, 15) is 28.5 Å². The van der Waals surface area contributed by atoms with Crippen molar-refractivity contribution in [2.24, 2.45) is 0 Å². The van der Waals surface area contributed by atoms with Gasteiger partial charge in [0.05, 0.1) is 20.8 Å². The molecule has 11 heteroatoms. The number of fused-ring (bicyclic) bond motifs is 2. The molecule has 0 aliphatic carbocycles. The summed E-state index contributed by atoms with van der Waals surface area (Å²) < 4.78 is 39.8. The van der Waals surface area contributed by atoms with Crippen molar-refractivity contribution >= 4 is 40.8 Å². The van der Waals surface area contributed by atoms with Crippen molar-refractivity contribution in [1.82, 2.24) is 0 Å². The minimum Gasteiger partial charge on any atom is -0.490 e. The van der Waals surface area contributed by atoms with E-state index in [-0.39, 0.29) is 45.1 Å². The summed E-state index contributed by atoms with van der Waals surface area (Å²) in [6, 6.07) is 7.40. The Kier molecular flexibility index (Phi) is 11.7. The van der Waals surface area contributed by atoms with Crippen LogP contribution in [-0.4, -0.2) is 41.5 Å². The maximum atomic E-state index is 14.3. The van der Waals surface area contributed by atoms with Crippen LogP contribution in [0.2, 0.25) is 0 Å². The molecule has 0 amide bonds. The van der Waals surface area contributed by atoms with Gasteiger partial charge in [-0.1, -0.05) is 75.9 Å². The van der Waals surface area contributed by atoms with Crippen LogP contribution in [0.15, 0.2) is 49.9 Å². The number of unbranched alkanes of at least 4 members (excludes halogenated alkanes) is 5. The van der Waals surface area contributed by atoms with E-state index >= 15 is 0 Å². The lowest BCUT2D eigenvalue weighted by Crippen LogP contribution is -2.24. The number of nitro groups is 1. The molecule has 0 N–H and O–H groups in total. The van der Waals surface area contributed by atoms with Gasteiger partial charge in [0.2, 0.25) is 11.6 Å². The second-order valence-corrected chi connectivity index (χ2v) is 13.0. The zero-order chi connectivity index (χ0) is 31.1. The number of ether oxygens (including phenoxy) is 2. The molecule has 0 saturated carbocycles. The van der Waals surface area contributed by atoms with Gasteiger partial charge in [0.15, 0.2) is 11.9 Å². The first-order valence-electron chi connectivity index (χ1n) is 14.9. The van der Waals surface area contributed by atoms with E-state index in [4.69, 9.17) is 9.47 Å². The number of hydrogen-bond donors (Lipinski definition) is 0. The Morgan fingerprint density at radius 1 is 0.837 bits per heavy atom. The number of nitrogens with zero attached hydrogens (tertiary/aromatic N) is 1. The van der Waals surface area contributed by atoms with Gasteiger partial charge in [0, 0.05) is 33.1 Å². The first-order valence-corrected chi connectivity index (χ1v) is 16.5. The molecule has 2 aliphatic rings. The Morgan fingerprint density at radius 2 is 1.47 bits per heavy atom. The first kappa shape index (κ1) is 33.0. The molecule has 0 saturated heterocycles. The van der Waals surface area contributed by atoms with Crippen molar-refractivity contribution in [3.63, 3.8) is 0 Å². The fraction of sp³-hybridized carbons (Fsp3) is 0.500. The minimum atomic E-state index is -1.76. The van der Waals surface area contributed by atoms with Crippen molar-refractivity contribution < 1.29 is 32.8 Å². The number of benzene rings is 2. The van der Waals surface area contributed by atoms with E-state index in [2.05, 4.69) is 6.92 Å². The molecule has 2 aromatic rings. The zero-order valence-electron chi connectivity index (χ0n) is 24.7. The van der Waals surface area contributed by atoms with Gasteiger partial charge in [-0.25, -0.2) is 8.78 Å². The monoisotopic (exact) mass is 633 g/mol. The molecular weight excluding hydrogens is 596 g/mol. The number of rotatable bonds is 16. The number of hydrogen-bond acceptors (Lipinski definition) is 8. The van der Waals surface area contributed by atoms with Gasteiger partial charge in [-0.2, -0.15) is 0 Å². The summed E-state index contributed by atoms with van der Waals surface area (Å²) in [4.78, 5) is 39.4. The Hall–Kier alpha value is -2.92. The van der Waals surface area contributed by atoms with Crippen molar-refractivity contribution in [3.8, 4) is 11.5 Å². The maximum absolute atomic E-state index is 14.3. The Balaban J connectivity index is 1.48. The average Bonchev–Trinajstić information content (AvgIpc) is 3.48. The van der Waals surface area contributed by atoms with Gasteiger partial charge in [-0.3, -0.25) is 19.7 Å². The van der Waals surface area contributed by atoms with Crippen LogP contribution in [0.4, 0.5) is 14.5 Å². The van der Waals surface area contributed by atoms with Gasteiger partial charge in [0.25, 0.3) is 0 Å². The molecule has 0 radical (unpaired) electrons. The topological polar surface area (TPSA) is 95.7 Å². The van der Waals surface area contributed by atoms with E-state index < -0.39 is 29.7 Å². The number of alkyl halides is 2. The van der Waals surface area contributed by atoms with Crippen LogP contribution in [-0.2, 0) is 0 Å². The summed E-state index contributed by atoms with van der Waals surface area (Å²) in [5.74, 6) is -0.408. The maximum Gasteiger partial charge on any atom is 0.311 e. The SMILES string of the molecule is CCCCCC[C@@H](C)Oc1cc2c(cc1[N+](=O)[O-])C(=O)/C(=C1/Sc3cc(OC[C@@H](F)[C@H](F)CCCCC)ccc3C1=O)S2. The Labute approximate surface area is 259 Å². The molecule has 4 rings (SSSR count). The van der Waals surface area contributed by atoms with E-state index in [1.165, 1.54) is 18.2 Å². The van der Waals surface area contributed by atoms with Crippen LogP contribution in [0, 0.1) is 10.1 Å². The van der Waals surface area contributed by atoms with Crippen LogP contribution in [0.1, 0.15) is 99.3 Å². The molecular formula is C32H37F2NO6S2. The van der Waals surface area contributed by atoms with Gasteiger partial charge in [-0.05, 0) is 44.4 Å². The van der Waals surface area contributed by atoms with Crippen LogP contribution in [0.25, 0.3) is 0 Å². The number of nitro benzene ring substituents is 1. The molecule has 2 aromatic carbocycles. The van der Waals surface area contributed by atoms with E-state index in [1.54, 1.807) is 12.1 Å². The van der Waals surface area contributed by atoms with E-state index in [0.29, 0.717) is 27.5 Å². The van der Waals surface area contributed by atoms with Gasteiger partial charge < -0.3 is 9.47 Å². The summed E-state index contributed by atoms with van der Waals surface area (Å²) in [5.41, 5.74) is 0.238. The molecule has 0 bridgehead atoms. The third-order valence-electron chi connectivity index (χ3n) is 7.42. The highest BCUT2D eigenvalue weighted by Gasteiger charge is 2.38. The van der Waals surface area contributed by atoms with E-state index in [1.807, 2.05) is 13.8 Å². The lowest BCUT2D eigenvalue weighted by Gasteiger charge is -2.15. The molecule has 3 atom stereocenters. The minimum absolute atomic E-state index is 0.0980. The third-order valence-corrected chi connectivity index (χ3v) is 9.85. The summed E-state index contributed by atoms with van der Waals surface area (Å²) in [5, 5.41) is 11.9. The molecule has 0 fully saturated rings. The number of thioether (sulfide) groups is 2. The molecule has 0 aromatic heterocycles. The largest absolute Gasteiger partial charge is 0.490 e. The molecule has 7 nitrogen and oxygen atoms in total. The number of ketones is 2. The molecule has 2 heterocycles. The standard InChI is InChI=1S/C32H37F2NO6S2/c1-4-6-8-10-11-19(3)41-26-17-28-22(16-25(26)35(38)39)30(37)32(43-28)31-29(36)21-14-13-20(15-27(21)42-31)40-18-24(34)23(33)12-9-7-5-2/h13-17,19,23-24H,4-12,18H2,1-3H3/b32-31-/t19-,23-,24-/m1/s1. The van der Waals surface area contributed by atoms with E-state index in [0.717, 1.165) is 68.5 Å². The normalized spacial score (nSPS) is 17.9. The van der Waals surface area contributed by atoms with Gasteiger partial charge in [-0.15, -0.1) is 0 Å². The van der Waals surface area contributed by atoms with Crippen molar-refractivity contribution in [1.29, 1.82) is 0 Å². The highest BCUT2D eigenvalue weighted by atomic mass is 32.2. The van der Waals surface area contributed by atoms with Gasteiger partial charge in [0.1, 0.15) is 18.5 Å². The predicted octanol–water partition coefficient (Wildman–Crippen LogP) is 9.46. The lowest BCUT2D eigenvalue weighted by molar-refractivity contribution is -0.386. The Morgan fingerprint density at radius 3 is 2.14 bits per heavy atom. The van der Waals surface area contributed by atoms with Crippen molar-refractivity contribution in [2.75, 3.05) is 6.61 Å². The lowest BCUT2D eigenvalue weighted by atomic mass is 10.1. The molecule has 0 unspecified atom stereocenters. The molecule has 2 aliphatic heterocycles. The second-order valence-electron chi connectivity index (χ2n) is 10.9. The highest BCUT2D eigenvalue weighted by molar-refractivity contribution is 8.08. The summed E-state index contributed by atoms with van der Waals surface area (Å²) >= 11 is 2.19. The number of carbonyl (C=O) groups excluding carboxylic acids is 2. The van der Waals surface area contributed by atoms with Gasteiger partial charge >= 0.3 is 5.69 Å². The second kappa shape index (κ2) is 15.2. The summed E-state index contributed by atoms with van der Waals surface area (Å²) in [7, 11) is 0. The summed E-state index contributed by atoms with van der Waals surface area (Å²) in [6.07, 6.45) is 3.93. The smallest absolute Gasteiger partial charge is 0.311 e. The molecule has 232 valence electrons. The average molecular weight is 634 g/mol. The molecule has 43 heavy (non-hydrogen) atoms. The summed E-state index contributed by atoms with van der Waals surface area (Å²) in [6.45, 7) is 5.55. The number of allylic oxidation sites excluding steroid dienone is 2. The van der Waals surface area contributed by atoms with Crippen LogP contribution in [0.5, 0.6) is 11.5 Å². The fourth-order valence-corrected chi connectivity index (χ4v) is 7.29. The third kappa shape index (κ3) is 7.98. The number of carbonyl (C=O) groups is 2. The van der Waals surface area contributed by atoms with Crippen molar-refractivity contribution in [3.05, 3.63) is 61.4 Å². The fourth-order valence-electron chi connectivity index (χ4n) is 4.95. The Bertz CT molecular complexity index is 1400. The quantitative estimate of drug-likeness (QED) is 0.0781. The van der Waals surface area contributed by atoms with Crippen LogP contribution >= 0.6 is 23.5 Å². The van der Waals surface area contributed by atoms with Crippen LogP contribution in [0.3, 0.4) is 0 Å². The molecule has 0 spiro atoms. The van der Waals surface area contributed by atoms with Crippen LogP contribution < -0.4 is 9.47 Å². The zero-order valence-corrected chi connectivity index (χ0v) is 26.3. The first-order chi connectivity index (χ1) is 20.6.